The molecule has 0 radical (unpaired) electrons. The third kappa shape index (κ3) is 8.37. The fourth-order valence-corrected chi connectivity index (χ4v) is 7.30. The number of fused-ring (bicyclic) bond motifs is 7. The van der Waals surface area contributed by atoms with E-state index in [1.54, 1.807) is 48.5 Å². The molecule has 6 nitrogen and oxygen atoms in total. The van der Waals surface area contributed by atoms with Gasteiger partial charge in [0, 0.05) is 22.3 Å². The second-order valence-electron chi connectivity index (χ2n) is 14.0. The molecule has 7 rings (SSSR count). The highest BCUT2D eigenvalue weighted by molar-refractivity contribution is 6.13. The maximum absolute atomic E-state index is 13.4. The van der Waals surface area contributed by atoms with E-state index in [4.69, 9.17) is 9.47 Å². The van der Waals surface area contributed by atoms with Crippen molar-refractivity contribution >= 4 is 33.7 Å². The number of nitriles is 4. The zero-order valence-corrected chi connectivity index (χ0v) is 31.5. The van der Waals surface area contributed by atoms with E-state index in [-0.39, 0.29) is 24.4 Å². The van der Waals surface area contributed by atoms with Crippen molar-refractivity contribution < 1.29 is 35.8 Å². The number of nitrogens with zero attached hydrogens (tertiary/aromatic N) is 4. The molecule has 1 heterocycles. The lowest BCUT2D eigenvalue weighted by atomic mass is 9.86. The van der Waals surface area contributed by atoms with Crippen LogP contribution in [0.15, 0.2) is 108 Å². The van der Waals surface area contributed by atoms with Crippen LogP contribution in [0.4, 0.5) is 26.3 Å². The van der Waals surface area contributed by atoms with Crippen molar-refractivity contribution in [1.82, 2.24) is 0 Å². The monoisotopic (exact) mass is 808 g/mol. The van der Waals surface area contributed by atoms with Crippen molar-refractivity contribution in [2.75, 3.05) is 13.2 Å². The van der Waals surface area contributed by atoms with Gasteiger partial charge in [-0.2, -0.15) is 47.4 Å². The number of hydrogen-bond acceptors (Lipinski definition) is 6. The summed E-state index contributed by atoms with van der Waals surface area (Å²) < 4.78 is 93.9. The molecule has 1 aliphatic heterocycles. The molecule has 0 fully saturated rings. The number of rotatable bonds is 4. The molecule has 6 aromatic rings. The Labute approximate surface area is 340 Å². The van der Waals surface area contributed by atoms with Crippen LogP contribution in [0.25, 0.3) is 67.1 Å². The predicted molar refractivity (Wildman–Crippen MR) is 216 cm³/mol. The van der Waals surface area contributed by atoms with Crippen molar-refractivity contribution in [3.05, 3.63) is 130 Å². The van der Waals surface area contributed by atoms with Gasteiger partial charge in [0.2, 0.25) is 0 Å². The summed E-state index contributed by atoms with van der Waals surface area (Å²) in [6.07, 6.45) is -3.34. The Morgan fingerprint density at radius 1 is 0.467 bits per heavy atom. The van der Waals surface area contributed by atoms with Gasteiger partial charge in [-0.05, 0) is 130 Å². The van der Waals surface area contributed by atoms with Crippen molar-refractivity contribution in [1.29, 1.82) is 21.0 Å². The van der Waals surface area contributed by atoms with E-state index in [1.165, 1.54) is 36.4 Å². The lowest BCUT2D eigenvalue weighted by molar-refractivity contribution is -0.138. The normalized spacial score (nSPS) is 13.0. The summed E-state index contributed by atoms with van der Waals surface area (Å²) in [5, 5.41) is 41.8. The number of halogens is 6. The molecule has 0 N–H and O–H groups in total. The molecule has 0 atom stereocenters. The van der Waals surface area contributed by atoms with E-state index in [0.717, 1.165) is 37.1 Å². The first-order chi connectivity index (χ1) is 28.8. The Bertz CT molecular complexity index is 2650. The molecule has 0 amide bonds. The highest BCUT2D eigenvalue weighted by Gasteiger charge is 2.31. The third-order valence-electron chi connectivity index (χ3n) is 10.2. The lowest BCUT2D eigenvalue weighted by Crippen LogP contribution is -2.07. The van der Waals surface area contributed by atoms with Crippen LogP contribution in [-0.2, 0) is 12.4 Å². The van der Waals surface area contributed by atoms with Crippen LogP contribution >= 0.6 is 0 Å². The smallest absolute Gasteiger partial charge is 0.416 e. The molecule has 60 heavy (non-hydrogen) atoms. The molecule has 0 spiro atoms. The first kappa shape index (κ1) is 40.6. The van der Waals surface area contributed by atoms with E-state index in [1.807, 2.05) is 24.3 Å². The molecule has 0 saturated heterocycles. The van der Waals surface area contributed by atoms with Crippen molar-refractivity contribution in [2.45, 2.75) is 38.0 Å². The zero-order valence-electron chi connectivity index (χ0n) is 31.5. The number of ether oxygens (including phenoxy) is 2. The van der Waals surface area contributed by atoms with Crippen LogP contribution in [0.5, 0.6) is 11.5 Å². The van der Waals surface area contributed by atoms with Crippen LogP contribution < -0.4 is 9.47 Å². The molecular weight excluding hydrogens is 779 g/mol. The maximum Gasteiger partial charge on any atom is 0.416 e. The summed E-state index contributed by atoms with van der Waals surface area (Å²) in [6.45, 7) is 0.520. The van der Waals surface area contributed by atoms with Gasteiger partial charge in [0.05, 0.1) is 24.3 Å². The van der Waals surface area contributed by atoms with E-state index in [9.17, 15) is 47.4 Å². The van der Waals surface area contributed by atoms with Crippen LogP contribution in [0, 0.1) is 45.3 Å². The van der Waals surface area contributed by atoms with E-state index in [2.05, 4.69) is 0 Å². The molecule has 12 heteroatoms. The van der Waals surface area contributed by atoms with Gasteiger partial charge in [-0.3, -0.25) is 0 Å². The average molecular weight is 809 g/mol. The summed E-state index contributed by atoms with van der Waals surface area (Å²) in [4.78, 5) is 0. The van der Waals surface area contributed by atoms with Gasteiger partial charge in [0.25, 0.3) is 0 Å². The topological polar surface area (TPSA) is 114 Å². The van der Waals surface area contributed by atoms with Crippen LogP contribution in [0.1, 0.15) is 47.9 Å². The highest BCUT2D eigenvalue weighted by atomic mass is 19.4. The fraction of sp³-hybridized carbons (Fsp3) is 0.167. The Kier molecular flexibility index (Phi) is 11.3. The number of hydrogen-bond donors (Lipinski definition) is 0. The van der Waals surface area contributed by atoms with Gasteiger partial charge in [-0.15, -0.1) is 0 Å². The van der Waals surface area contributed by atoms with Crippen molar-refractivity contribution in [3.63, 3.8) is 0 Å². The second kappa shape index (κ2) is 16.7. The molecule has 0 unspecified atom stereocenters. The molecule has 0 bridgehead atoms. The predicted octanol–water partition coefficient (Wildman–Crippen LogP) is 13.2. The van der Waals surface area contributed by atoms with Gasteiger partial charge >= 0.3 is 12.4 Å². The highest BCUT2D eigenvalue weighted by Crippen LogP contribution is 2.51. The SMILES string of the molecule is N#CC(C#N)=Cc1cc2cc(-c3ccc(C(F)(F)F)cc3)ccc2c2c1OCCCCCCOc1c(C=C(C#N)C#N)cc3cc(-c4ccc(C(F)(F)F)cc4)ccc3c1-2. The van der Waals surface area contributed by atoms with Gasteiger partial charge in [-0.25, -0.2) is 0 Å². The Morgan fingerprint density at radius 2 is 0.817 bits per heavy atom. The summed E-state index contributed by atoms with van der Waals surface area (Å²) in [7, 11) is 0. The minimum Gasteiger partial charge on any atom is -0.492 e. The van der Waals surface area contributed by atoms with Crippen LogP contribution in [-0.4, -0.2) is 13.2 Å². The largest absolute Gasteiger partial charge is 0.492 e. The maximum atomic E-state index is 13.4. The minimum atomic E-state index is -4.53. The van der Waals surface area contributed by atoms with Crippen LogP contribution in [0.3, 0.4) is 0 Å². The fourth-order valence-electron chi connectivity index (χ4n) is 7.30. The van der Waals surface area contributed by atoms with E-state index < -0.39 is 23.5 Å². The number of alkyl halides is 6. The second-order valence-corrected chi connectivity index (χ2v) is 14.0. The zero-order chi connectivity index (χ0) is 42.6. The minimum absolute atomic E-state index is 0.225. The Morgan fingerprint density at radius 3 is 1.15 bits per heavy atom. The number of benzene rings is 6. The molecule has 0 aromatic heterocycles. The first-order valence-electron chi connectivity index (χ1n) is 18.7. The van der Waals surface area contributed by atoms with Gasteiger partial charge in [0.15, 0.2) is 0 Å². The standard InChI is InChI=1S/C48H30F6N4O2/c49-47(50,51)39-11-5-31(6-12-39)33-9-15-41-35(21-33)23-37(19-29(25-55)26-56)45-43(41)44-42-16-10-34(32-7-13-40(14-8-32)48(52,53)54)22-36(42)24-38(20-30(27-57)28-58)46(44)60-18-4-2-1-3-17-59-45/h5-16,19-24H,1-4,17-18H2. The van der Waals surface area contributed by atoms with Gasteiger partial charge < -0.3 is 9.47 Å². The summed E-state index contributed by atoms with van der Waals surface area (Å²) in [5.74, 6) is 0.599. The van der Waals surface area contributed by atoms with Crippen LogP contribution in [0.2, 0.25) is 0 Å². The molecule has 0 saturated carbocycles. The quantitative estimate of drug-likeness (QED) is 0.129. The van der Waals surface area contributed by atoms with Crippen molar-refractivity contribution in [3.8, 4) is 69.2 Å². The van der Waals surface area contributed by atoms with E-state index >= 15 is 0 Å². The van der Waals surface area contributed by atoms with E-state index in [0.29, 0.717) is 90.4 Å². The third-order valence-corrected chi connectivity index (χ3v) is 10.2. The molecule has 6 aromatic carbocycles. The van der Waals surface area contributed by atoms with Gasteiger partial charge in [0.1, 0.15) is 46.9 Å². The average Bonchev–Trinajstić information content (AvgIpc) is 3.24. The first-order valence-corrected chi connectivity index (χ1v) is 18.7. The van der Waals surface area contributed by atoms with Gasteiger partial charge in [-0.1, -0.05) is 48.5 Å². The summed E-state index contributed by atoms with van der Waals surface area (Å²) >= 11 is 0. The lowest BCUT2D eigenvalue weighted by Gasteiger charge is -2.24. The molecule has 296 valence electrons. The number of allylic oxidation sites excluding steroid dienone is 2. The van der Waals surface area contributed by atoms with Crippen molar-refractivity contribution in [2.24, 2.45) is 0 Å². The molecular formula is C48H30F6N4O2. The Hall–Kier alpha value is -7.54. The summed E-state index contributed by atoms with van der Waals surface area (Å²) in [6, 6.07) is 31.2. The molecule has 0 aliphatic carbocycles. The molecule has 1 aliphatic rings. The Balaban J connectivity index is 1.60. The summed E-state index contributed by atoms with van der Waals surface area (Å²) in [5.41, 5.74) is 1.75.